The number of benzene rings is 1. The van der Waals surface area contributed by atoms with Crippen LogP contribution in [0.25, 0.3) is 11.5 Å². The molecule has 2 aliphatic heterocycles. The number of piperidine rings is 1. The summed E-state index contributed by atoms with van der Waals surface area (Å²) in [4.78, 5) is 26.1. The molecule has 1 saturated heterocycles. The van der Waals surface area contributed by atoms with Crippen molar-refractivity contribution in [1.29, 1.82) is 0 Å². The van der Waals surface area contributed by atoms with Crippen LogP contribution < -0.4 is 15.0 Å². The summed E-state index contributed by atoms with van der Waals surface area (Å²) in [6.07, 6.45) is 1.65. The van der Waals surface area contributed by atoms with Gasteiger partial charge < -0.3 is 18.8 Å². The van der Waals surface area contributed by atoms with E-state index in [1.807, 2.05) is 18.2 Å². The zero-order valence-corrected chi connectivity index (χ0v) is 16.3. The van der Waals surface area contributed by atoms with Crippen LogP contribution in [0.3, 0.4) is 0 Å². The average Bonchev–Trinajstić information content (AvgIpc) is 3.44. The number of carbonyl (C=O) groups excluding carboxylic acids is 1. The predicted molar refractivity (Wildman–Crippen MR) is 103 cm³/mol. The highest BCUT2D eigenvalue weighted by Crippen LogP contribution is 2.36. The van der Waals surface area contributed by atoms with E-state index in [9.17, 15) is 9.59 Å². The lowest BCUT2D eigenvalue weighted by Gasteiger charge is -2.30. The highest BCUT2D eigenvalue weighted by molar-refractivity contribution is 5.92. The molecule has 4 heterocycles. The number of likely N-dealkylation sites (tertiary alicyclic amines) is 1. The molecule has 5 rings (SSSR count). The van der Waals surface area contributed by atoms with Gasteiger partial charge in [-0.05, 0) is 37.1 Å². The van der Waals surface area contributed by atoms with Gasteiger partial charge in [-0.15, -0.1) is 10.2 Å². The lowest BCUT2D eigenvalue weighted by atomic mass is 9.98. The molecular weight excluding hydrogens is 390 g/mol. The first-order valence-corrected chi connectivity index (χ1v) is 9.65. The number of hydrogen-bond donors (Lipinski definition) is 0. The summed E-state index contributed by atoms with van der Waals surface area (Å²) in [5, 5.41) is 12.4. The van der Waals surface area contributed by atoms with Gasteiger partial charge in [0.1, 0.15) is 5.69 Å². The third kappa shape index (κ3) is 3.30. The minimum absolute atomic E-state index is 0.0644. The normalized spacial score (nSPS) is 17.9. The van der Waals surface area contributed by atoms with Crippen molar-refractivity contribution in [3.63, 3.8) is 0 Å². The molecule has 10 heteroatoms. The molecule has 0 radical (unpaired) electrons. The molecule has 1 unspecified atom stereocenters. The van der Waals surface area contributed by atoms with Crippen LogP contribution in [0.15, 0.2) is 39.5 Å². The van der Waals surface area contributed by atoms with Crippen LogP contribution >= 0.6 is 0 Å². The fraction of sp³-hybridized carbons (Fsp3) is 0.350. The molecule has 2 aromatic heterocycles. The molecule has 10 nitrogen and oxygen atoms in total. The fourth-order valence-corrected chi connectivity index (χ4v) is 3.69. The maximum absolute atomic E-state index is 12.8. The zero-order valence-electron chi connectivity index (χ0n) is 16.3. The number of rotatable bonds is 3. The average molecular weight is 409 g/mol. The van der Waals surface area contributed by atoms with Gasteiger partial charge in [0.05, 0.1) is 5.92 Å². The largest absolute Gasteiger partial charge is 0.454 e. The zero-order chi connectivity index (χ0) is 20.7. The second-order valence-corrected chi connectivity index (χ2v) is 7.28. The van der Waals surface area contributed by atoms with Gasteiger partial charge in [0, 0.05) is 31.8 Å². The Labute approximate surface area is 171 Å². The summed E-state index contributed by atoms with van der Waals surface area (Å²) in [5.74, 6) is 1.94. The van der Waals surface area contributed by atoms with Crippen LogP contribution in [0.1, 0.15) is 35.1 Å². The number of carbonyl (C=O) groups is 1. The second-order valence-electron chi connectivity index (χ2n) is 7.28. The molecule has 0 saturated carbocycles. The van der Waals surface area contributed by atoms with Gasteiger partial charge in [-0.1, -0.05) is 0 Å². The van der Waals surface area contributed by atoms with E-state index < -0.39 is 0 Å². The van der Waals surface area contributed by atoms with Crippen molar-refractivity contribution in [3.05, 3.63) is 52.3 Å². The van der Waals surface area contributed by atoms with Crippen LogP contribution in [-0.4, -0.2) is 50.7 Å². The molecule has 3 aromatic rings. The minimum Gasteiger partial charge on any atom is -0.454 e. The quantitative estimate of drug-likeness (QED) is 0.641. The molecule has 0 spiro atoms. The third-order valence-corrected chi connectivity index (χ3v) is 5.30. The van der Waals surface area contributed by atoms with Crippen molar-refractivity contribution in [3.8, 4) is 23.0 Å². The number of hydrogen-bond acceptors (Lipinski definition) is 8. The molecule has 1 fully saturated rings. The highest BCUT2D eigenvalue weighted by atomic mass is 16.7. The minimum atomic E-state index is -0.259. The monoisotopic (exact) mass is 409 g/mol. The Morgan fingerprint density at radius 1 is 1.13 bits per heavy atom. The SMILES string of the molecule is Cn1nc(C(=O)N2CCCC(c3nnc(-c4ccc5c(c4)OCO5)o3)C2)ccc1=O. The van der Waals surface area contributed by atoms with Crippen molar-refractivity contribution < 1.29 is 18.7 Å². The van der Waals surface area contributed by atoms with E-state index in [0.29, 0.717) is 36.4 Å². The lowest BCUT2D eigenvalue weighted by Crippen LogP contribution is -2.40. The van der Waals surface area contributed by atoms with E-state index in [-0.39, 0.29) is 29.9 Å². The van der Waals surface area contributed by atoms with Gasteiger partial charge in [0.15, 0.2) is 11.5 Å². The topological polar surface area (TPSA) is 113 Å². The summed E-state index contributed by atoms with van der Waals surface area (Å²) in [5.41, 5.74) is 0.727. The van der Waals surface area contributed by atoms with Gasteiger partial charge in [0.25, 0.3) is 11.5 Å². The Kier molecular flexibility index (Phi) is 4.46. The lowest BCUT2D eigenvalue weighted by molar-refractivity contribution is 0.0690. The molecule has 1 amide bonds. The van der Waals surface area contributed by atoms with Gasteiger partial charge in [-0.3, -0.25) is 9.59 Å². The third-order valence-electron chi connectivity index (χ3n) is 5.30. The Morgan fingerprint density at radius 3 is 2.87 bits per heavy atom. The van der Waals surface area contributed by atoms with E-state index >= 15 is 0 Å². The van der Waals surface area contributed by atoms with Crippen LogP contribution in [0.2, 0.25) is 0 Å². The maximum atomic E-state index is 12.8. The van der Waals surface area contributed by atoms with E-state index in [1.54, 1.807) is 4.90 Å². The van der Waals surface area contributed by atoms with Gasteiger partial charge in [0.2, 0.25) is 18.6 Å². The number of aryl methyl sites for hydroxylation is 1. The molecule has 30 heavy (non-hydrogen) atoms. The molecule has 154 valence electrons. The summed E-state index contributed by atoms with van der Waals surface area (Å²) < 4.78 is 17.8. The van der Waals surface area contributed by atoms with Gasteiger partial charge in [-0.2, -0.15) is 5.10 Å². The fourth-order valence-electron chi connectivity index (χ4n) is 3.69. The molecular formula is C20H19N5O5. The predicted octanol–water partition coefficient (Wildman–Crippen LogP) is 1.58. The van der Waals surface area contributed by atoms with Crippen molar-refractivity contribution in [2.24, 2.45) is 7.05 Å². The molecule has 1 aromatic carbocycles. The number of nitrogens with zero attached hydrogens (tertiary/aromatic N) is 5. The number of amides is 1. The van der Waals surface area contributed by atoms with E-state index in [2.05, 4.69) is 15.3 Å². The van der Waals surface area contributed by atoms with Gasteiger partial charge in [-0.25, -0.2) is 4.68 Å². The Hall–Kier alpha value is -3.69. The first-order chi connectivity index (χ1) is 14.6. The van der Waals surface area contributed by atoms with Crippen molar-refractivity contribution >= 4 is 5.91 Å². The molecule has 0 aliphatic carbocycles. The maximum Gasteiger partial charge on any atom is 0.274 e. The Bertz CT molecular complexity index is 1170. The van der Waals surface area contributed by atoms with Crippen LogP contribution in [0.4, 0.5) is 0 Å². The highest BCUT2D eigenvalue weighted by Gasteiger charge is 2.30. The number of ether oxygens (including phenoxy) is 2. The van der Waals surface area contributed by atoms with Crippen molar-refractivity contribution in [1.82, 2.24) is 24.9 Å². The number of fused-ring (bicyclic) bond motifs is 1. The summed E-state index contributed by atoms with van der Waals surface area (Å²) in [6, 6.07) is 8.26. The van der Waals surface area contributed by atoms with Gasteiger partial charge >= 0.3 is 0 Å². The molecule has 0 N–H and O–H groups in total. The molecule has 2 aliphatic rings. The van der Waals surface area contributed by atoms with Crippen molar-refractivity contribution in [2.45, 2.75) is 18.8 Å². The number of aromatic nitrogens is 4. The molecule has 0 bridgehead atoms. The summed E-state index contributed by atoms with van der Waals surface area (Å²) >= 11 is 0. The van der Waals surface area contributed by atoms with E-state index in [1.165, 1.54) is 19.2 Å². The first kappa shape index (κ1) is 18.3. The first-order valence-electron chi connectivity index (χ1n) is 9.65. The van der Waals surface area contributed by atoms with E-state index in [0.717, 1.165) is 23.1 Å². The second kappa shape index (κ2) is 7.29. The summed E-state index contributed by atoms with van der Waals surface area (Å²) in [7, 11) is 1.52. The van der Waals surface area contributed by atoms with Crippen molar-refractivity contribution in [2.75, 3.05) is 19.9 Å². The Balaban J connectivity index is 1.33. The Morgan fingerprint density at radius 2 is 2.00 bits per heavy atom. The van der Waals surface area contributed by atoms with Crippen LogP contribution in [0, 0.1) is 0 Å². The molecule has 1 atom stereocenters. The van der Waals surface area contributed by atoms with E-state index in [4.69, 9.17) is 13.9 Å². The van der Waals surface area contributed by atoms with Crippen LogP contribution in [-0.2, 0) is 7.05 Å². The summed E-state index contributed by atoms with van der Waals surface area (Å²) in [6.45, 7) is 1.26. The smallest absolute Gasteiger partial charge is 0.274 e. The standard InChI is InChI=1S/C20H19N5O5/c1-24-17(26)7-5-14(23-24)20(27)25-8-2-3-13(10-25)19-22-21-18(30-19)12-4-6-15-16(9-12)29-11-28-15/h4-7,9,13H,2-3,8,10-11H2,1H3. The van der Waals surface area contributed by atoms with Crippen LogP contribution in [0.5, 0.6) is 11.5 Å².